The molecule has 2 heterocycles. The number of esters is 1. The van der Waals surface area contributed by atoms with E-state index in [1.165, 1.54) is 6.08 Å². The number of alkyl halides is 2. The van der Waals surface area contributed by atoms with Crippen LogP contribution in [0.3, 0.4) is 0 Å². The number of carbonyl (C=O) groups is 1. The number of carbonyl (C=O) groups excluding carboxylic acids is 1. The van der Waals surface area contributed by atoms with Gasteiger partial charge in [-0.2, -0.15) is 0 Å². The minimum absolute atomic E-state index is 0.145. The second-order valence-electron chi connectivity index (χ2n) is 6.22. The van der Waals surface area contributed by atoms with E-state index in [1.807, 2.05) is 0 Å². The Kier molecular flexibility index (Phi) is 4.16. The summed E-state index contributed by atoms with van der Waals surface area (Å²) in [6.45, 7) is 7.67. The van der Waals surface area contributed by atoms with Gasteiger partial charge in [-0.25, -0.2) is 8.78 Å². The van der Waals surface area contributed by atoms with Gasteiger partial charge in [0.2, 0.25) is 0 Å². The van der Waals surface area contributed by atoms with E-state index in [4.69, 9.17) is 4.74 Å². The lowest BCUT2D eigenvalue weighted by atomic mass is 9.92. The summed E-state index contributed by atoms with van der Waals surface area (Å²) < 4.78 is 32.8. The second kappa shape index (κ2) is 5.41. The number of nitrogens with one attached hydrogen (secondary N) is 1. The minimum atomic E-state index is -2.73. The molecule has 0 bridgehead atoms. The molecule has 0 amide bonds. The van der Waals surface area contributed by atoms with Gasteiger partial charge < -0.3 is 10.1 Å². The summed E-state index contributed by atoms with van der Waals surface area (Å²) in [7, 11) is 0. The molecule has 2 saturated heterocycles. The summed E-state index contributed by atoms with van der Waals surface area (Å²) in [5.41, 5.74) is -0.809. The van der Waals surface area contributed by atoms with Crippen LogP contribution >= 0.6 is 0 Å². The highest BCUT2D eigenvalue weighted by atomic mass is 19.3. The van der Waals surface area contributed by atoms with E-state index in [0.717, 1.165) is 0 Å². The van der Waals surface area contributed by atoms with E-state index in [9.17, 15) is 13.6 Å². The van der Waals surface area contributed by atoms with Gasteiger partial charge in [0.15, 0.2) is 0 Å². The smallest absolute Gasteiger partial charge is 0.313 e. The van der Waals surface area contributed by atoms with Crippen molar-refractivity contribution in [1.29, 1.82) is 0 Å². The van der Waals surface area contributed by atoms with Gasteiger partial charge in [-0.3, -0.25) is 9.69 Å². The normalized spacial score (nSPS) is 29.2. The SMILES string of the molecule is C=CCOC(=O)C(C)(C)CN1CC[C@@H]2NCC(F)(F)[C@@H]21. The summed E-state index contributed by atoms with van der Waals surface area (Å²) in [5.74, 6) is -3.11. The fraction of sp³-hybridized carbons (Fsp3) is 0.786. The molecule has 0 aliphatic carbocycles. The van der Waals surface area contributed by atoms with Crippen molar-refractivity contribution < 1.29 is 18.3 Å². The predicted molar refractivity (Wildman–Crippen MR) is 71.7 cm³/mol. The Morgan fingerprint density at radius 3 is 2.95 bits per heavy atom. The maximum absolute atomic E-state index is 13.9. The largest absolute Gasteiger partial charge is 0.461 e. The summed E-state index contributed by atoms with van der Waals surface area (Å²) in [6, 6.07) is -0.987. The highest BCUT2D eigenvalue weighted by Gasteiger charge is 2.56. The molecule has 0 saturated carbocycles. The Balaban J connectivity index is 2.02. The molecule has 0 aromatic rings. The fourth-order valence-corrected chi connectivity index (χ4v) is 3.08. The van der Waals surface area contributed by atoms with E-state index in [2.05, 4.69) is 11.9 Å². The van der Waals surface area contributed by atoms with E-state index in [0.29, 0.717) is 13.0 Å². The molecule has 0 aromatic carbocycles. The van der Waals surface area contributed by atoms with Gasteiger partial charge in [-0.15, -0.1) is 0 Å². The first-order valence-corrected chi connectivity index (χ1v) is 6.91. The molecule has 20 heavy (non-hydrogen) atoms. The molecule has 114 valence electrons. The standard InChI is InChI=1S/C14H22F2N2O2/c1-4-7-20-12(19)13(2,3)9-18-6-5-10-11(18)14(15,16)8-17-10/h4,10-11,17H,1,5-9H2,2-3H3/t10-,11+/m0/s1. The fourth-order valence-electron chi connectivity index (χ4n) is 3.08. The van der Waals surface area contributed by atoms with Crippen LogP contribution < -0.4 is 5.32 Å². The van der Waals surface area contributed by atoms with E-state index < -0.39 is 17.4 Å². The zero-order valence-corrected chi connectivity index (χ0v) is 12.0. The third-order valence-electron chi connectivity index (χ3n) is 4.02. The van der Waals surface area contributed by atoms with Gasteiger partial charge in [0.25, 0.3) is 5.92 Å². The van der Waals surface area contributed by atoms with Crippen molar-refractivity contribution in [3.05, 3.63) is 12.7 Å². The van der Waals surface area contributed by atoms with Crippen molar-refractivity contribution in [2.24, 2.45) is 5.41 Å². The van der Waals surface area contributed by atoms with Crippen LogP contribution in [0.2, 0.25) is 0 Å². The van der Waals surface area contributed by atoms with E-state index in [-0.39, 0.29) is 31.7 Å². The number of hydrogen-bond donors (Lipinski definition) is 1. The number of halogens is 2. The van der Waals surface area contributed by atoms with Gasteiger partial charge in [0, 0.05) is 19.1 Å². The zero-order chi connectivity index (χ0) is 15.0. The first-order chi connectivity index (χ1) is 9.28. The maximum atomic E-state index is 13.9. The van der Waals surface area contributed by atoms with Gasteiger partial charge in [-0.05, 0) is 20.3 Å². The molecule has 0 unspecified atom stereocenters. The number of hydrogen-bond acceptors (Lipinski definition) is 4. The molecular weight excluding hydrogens is 266 g/mol. The lowest BCUT2D eigenvalue weighted by molar-refractivity contribution is -0.154. The molecule has 2 atom stereocenters. The Hall–Kier alpha value is -1.01. The monoisotopic (exact) mass is 288 g/mol. The molecule has 0 radical (unpaired) electrons. The molecule has 0 aromatic heterocycles. The molecule has 6 heteroatoms. The van der Waals surface area contributed by atoms with Crippen molar-refractivity contribution in [3.63, 3.8) is 0 Å². The second-order valence-corrected chi connectivity index (χ2v) is 6.22. The highest BCUT2D eigenvalue weighted by molar-refractivity contribution is 5.76. The number of ether oxygens (including phenoxy) is 1. The average Bonchev–Trinajstić information content (AvgIpc) is 2.88. The Labute approximate surface area is 118 Å². The van der Waals surface area contributed by atoms with Gasteiger partial charge in [0.1, 0.15) is 6.61 Å². The number of nitrogens with zero attached hydrogens (tertiary/aromatic N) is 1. The number of rotatable bonds is 5. The predicted octanol–water partition coefficient (Wildman–Crippen LogP) is 1.42. The molecule has 0 spiro atoms. The van der Waals surface area contributed by atoms with Crippen LogP contribution in [0.4, 0.5) is 8.78 Å². The lowest BCUT2D eigenvalue weighted by Gasteiger charge is -2.33. The van der Waals surface area contributed by atoms with Crippen molar-refractivity contribution in [3.8, 4) is 0 Å². The number of fused-ring (bicyclic) bond motifs is 1. The van der Waals surface area contributed by atoms with Crippen molar-refractivity contribution in [2.45, 2.75) is 38.3 Å². The molecule has 2 aliphatic heterocycles. The Morgan fingerprint density at radius 1 is 1.60 bits per heavy atom. The third-order valence-corrected chi connectivity index (χ3v) is 4.02. The van der Waals surface area contributed by atoms with E-state index >= 15 is 0 Å². The van der Waals surface area contributed by atoms with Crippen LogP contribution in [-0.4, -0.2) is 55.1 Å². The summed E-state index contributed by atoms with van der Waals surface area (Å²) >= 11 is 0. The molecule has 1 N–H and O–H groups in total. The van der Waals surface area contributed by atoms with Crippen LogP contribution in [0.15, 0.2) is 12.7 Å². The van der Waals surface area contributed by atoms with E-state index in [1.54, 1.807) is 18.7 Å². The van der Waals surface area contributed by atoms with Gasteiger partial charge in [0.05, 0.1) is 18.0 Å². The molecule has 2 fully saturated rings. The first kappa shape index (κ1) is 15.4. The third kappa shape index (κ3) is 2.86. The van der Waals surface area contributed by atoms with Crippen LogP contribution in [0.1, 0.15) is 20.3 Å². The summed E-state index contributed by atoms with van der Waals surface area (Å²) in [4.78, 5) is 13.7. The van der Waals surface area contributed by atoms with Crippen LogP contribution in [0.25, 0.3) is 0 Å². The first-order valence-electron chi connectivity index (χ1n) is 6.91. The molecular formula is C14H22F2N2O2. The Morgan fingerprint density at radius 2 is 2.30 bits per heavy atom. The zero-order valence-electron chi connectivity index (χ0n) is 12.0. The maximum Gasteiger partial charge on any atom is 0.313 e. The molecule has 2 rings (SSSR count). The van der Waals surface area contributed by atoms with Gasteiger partial charge in [-0.1, -0.05) is 12.7 Å². The highest BCUT2D eigenvalue weighted by Crippen LogP contribution is 2.37. The van der Waals surface area contributed by atoms with Crippen molar-refractivity contribution >= 4 is 5.97 Å². The summed E-state index contributed by atoms with van der Waals surface area (Å²) in [6.07, 6.45) is 2.19. The van der Waals surface area contributed by atoms with Crippen LogP contribution in [-0.2, 0) is 9.53 Å². The lowest BCUT2D eigenvalue weighted by Crippen LogP contribution is -2.50. The molecule has 4 nitrogen and oxygen atoms in total. The Bertz CT molecular complexity index is 399. The number of likely N-dealkylation sites (tertiary alicyclic amines) is 1. The summed E-state index contributed by atoms with van der Waals surface area (Å²) in [5, 5.41) is 2.87. The minimum Gasteiger partial charge on any atom is -0.461 e. The average molecular weight is 288 g/mol. The molecule has 2 aliphatic rings. The van der Waals surface area contributed by atoms with Crippen molar-refractivity contribution in [2.75, 3.05) is 26.2 Å². The topological polar surface area (TPSA) is 41.6 Å². The quantitative estimate of drug-likeness (QED) is 0.614. The van der Waals surface area contributed by atoms with Crippen LogP contribution in [0.5, 0.6) is 0 Å². The van der Waals surface area contributed by atoms with Crippen LogP contribution in [0, 0.1) is 5.41 Å². The van der Waals surface area contributed by atoms with Crippen molar-refractivity contribution in [1.82, 2.24) is 10.2 Å². The van der Waals surface area contributed by atoms with Gasteiger partial charge >= 0.3 is 5.97 Å².